The third kappa shape index (κ3) is 4.33. The molecule has 0 aliphatic carbocycles. The maximum Gasteiger partial charge on any atom is 0.332 e. The van der Waals surface area contributed by atoms with Gasteiger partial charge in [-0.05, 0) is 60.9 Å². The smallest absolute Gasteiger partial charge is 0.332 e. The van der Waals surface area contributed by atoms with Crippen LogP contribution in [-0.4, -0.2) is 32.9 Å². The highest BCUT2D eigenvalue weighted by Gasteiger charge is 2.30. The number of nitrogens with two attached hydrogens (primary N) is 1. The van der Waals surface area contributed by atoms with Crippen LogP contribution >= 0.6 is 11.6 Å². The molecule has 0 spiro atoms. The minimum atomic E-state index is -0.478. The molecule has 1 aliphatic heterocycles. The van der Waals surface area contributed by atoms with Crippen LogP contribution in [0.15, 0.2) is 71.8 Å². The number of aromatic nitrogens is 2. The highest BCUT2D eigenvalue weighted by Crippen LogP contribution is 2.41. The average molecular weight is 493 g/mol. The van der Waals surface area contributed by atoms with Crippen molar-refractivity contribution < 1.29 is 9.50 Å². The van der Waals surface area contributed by atoms with E-state index in [9.17, 15) is 14.3 Å². The second-order valence-electron chi connectivity index (χ2n) is 9.45. The maximum atomic E-state index is 14.8. The molecule has 3 N–H and O–H groups in total. The summed E-state index contributed by atoms with van der Waals surface area (Å²) in [5, 5.41) is 11.5. The van der Waals surface area contributed by atoms with E-state index in [-0.39, 0.29) is 17.0 Å². The number of imidazole rings is 1. The number of hydrogen-bond donors (Lipinski definition) is 2. The van der Waals surface area contributed by atoms with Gasteiger partial charge in [0, 0.05) is 54.9 Å². The first-order valence-corrected chi connectivity index (χ1v) is 11.7. The molecule has 180 valence electrons. The molecule has 4 aromatic rings. The zero-order valence-corrected chi connectivity index (χ0v) is 20.3. The standard InChI is InChI=1S/C27H26ClFN4O2/c1-27(30)8-9-32(16-27)20-5-3-4-17(12-20)21-14-19(29)15-22(25(21)34)18-6-7-24(23(28)13-18)33-11-10-31(2)26(33)35/h3-7,10-15,34H,8-9,16,30H2,1-2H3/t27-/m1/s1. The van der Waals surface area contributed by atoms with Crippen LogP contribution in [0.3, 0.4) is 0 Å². The Morgan fingerprint density at radius 2 is 1.77 bits per heavy atom. The highest BCUT2D eigenvalue weighted by molar-refractivity contribution is 6.32. The number of halogens is 2. The monoisotopic (exact) mass is 492 g/mol. The highest BCUT2D eigenvalue weighted by atomic mass is 35.5. The lowest BCUT2D eigenvalue weighted by Crippen LogP contribution is -2.39. The summed E-state index contributed by atoms with van der Waals surface area (Å²) in [6.07, 6.45) is 4.15. The Hall–Kier alpha value is -3.55. The predicted octanol–water partition coefficient (Wildman–Crippen LogP) is 4.94. The van der Waals surface area contributed by atoms with Gasteiger partial charge in [0.25, 0.3) is 0 Å². The van der Waals surface area contributed by atoms with E-state index in [1.165, 1.54) is 21.3 Å². The molecule has 8 heteroatoms. The Bertz CT molecular complexity index is 1490. The van der Waals surface area contributed by atoms with E-state index < -0.39 is 5.82 Å². The largest absolute Gasteiger partial charge is 0.507 e. The number of hydrogen-bond acceptors (Lipinski definition) is 4. The van der Waals surface area contributed by atoms with Gasteiger partial charge in [-0.25, -0.2) is 9.18 Å². The van der Waals surface area contributed by atoms with Gasteiger partial charge in [-0.15, -0.1) is 0 Å². The fraction of sp³-hybridized carbons (Fsp3) is 0.222. The Morgan fingerprint density at radius 3 is 2.37 bits per heavy atom. The van der Waals surface area contributed by atoms with Crippen LogP contribution in [0.1, 0.15) is 13.3 Å². The molecule has 0 unspecified atom stereocenters. The third-order valence-corrected chi connectivity index (χ3v) is 6.87. The Morgan fingerprint density at radius 1 is 1.06 bits per heavy atom. The molecule has 0 bridgehead atoms. The van der Waals surface area contributed by atoms with Crippen molar-refractivity contribution in [1.82, 2.24) is 9.13 Å². The lowest BCUT2D eigenvalue weighted by Gasteiger charge is -2.22. The maximum absolute atomic E-state index is 14.8. The molecular formula is C27H26ClFN4O2. The normalized spacial score (nSPS) is 17.8. The number of anilines is 1. The molecule has 1 aromatic heterocycles. The second kappa shape index (κ2) is 8.59. The first-order valence-electron chi connectivity index (χ1n) is 11.3. The molecule has 1 saturated heterocycles. The molecule has 3 aromatic carbocycles. The average Bonchev–Trinajstić information content (AvgIpc) is 3.36. The van der Waals surface area contributed by atoms with Crippen molar-refractivity contribution in [3.8, 4) is 33.7 Å². The molecule has 35 heavy (non-hydrogen) atoms. The molecule has 1 fully saturated rings. The number of phenolic OH excluding ortho intramolecular Hbond substituents is 1. The summed E-state index contributed by atoms with van der Waals surface area (Å²) in [5.74, 6) is -0.525. The lowest BCUT2D eigenvalue weighted by atomic mass is 9.96. The van der Waals surface area contributed by atoms with Gasteiger partial charge in [-0.3, -0.25) is 4.57 Å². The molecule has 0 saturated carbocycles. The summed E-state index contributed by atoms with van der Waals surface area (Å²) in [7, 11) is 1.65. The first kappa shape index (κ1) is 23.2. The first-order chi connectivity index (χ1) is 16.6. The van der Waals surface area contributed by atoms with Gasteiger partial charge in [0.05, 0.1) is 10.7 Å². The van der Waals surface area contributed by atoms with E-state index in [4.69, 9.17) is 17.3 Å². The van der Waals surface area contributed by atoms with Crippen molar-refractivity contribution in [3.05, 3.63) is 88.3 Å². The van der Waals surface area contributed by atoms with E-state index in [2.05, 4.69) is 4.90 Å². The zero-order valence-electron chi connectivity index (χ0n) is 19.5. The van der Waals surface area contributed by atoms with Crippen molar-refractivity contribution >= 4 is 17.3 Å². The minimum absolute atomic E-state index is 0.0469. The molecule has 5 rings (SSSR count). The van der Waals surface area contributed by atoms with Crippen molar-refractivity contribution in [2.45, 2.75) is 18.9 Å². The van der Waals surface area contributed by atoms with Gasteiger partial charge in [0.2, 0.25) is 0 Å². The van der Waals surface area contributed by atoms with Gasteiger partial charge in [0.15, 0.2) is 0 Å². The van der Waals surface area contributed by atoms with Crippen molar-refractivity contribution in [3.63, 3.8) is 0 Å². The van der Waals surface area contributed by atoms with Crippen LogP contribution in [0.2, 0.25) is 5.02 Å². The zero-order chi connectivity index (χ0) is 24.9. The van der Waals surface area contributed by atoms with Crippen molar-refractivity contribution in [2.24, 2.45) is 12.8 Å². The van der Waals surface area contributed by atoms with E-state index >= 15 is 0 Å². The number of benzene rings is 3. The van der Waals surface area contributed by atoms with Crippen molar-refractivity contribution in [1.29, 1.82) is 0 Å². The van der Waals surface area contributed by atoms with E-state index in [0.717, 1.165) is 25.2 Å². The Balaban J connectivity index is 1.54. The molecule has 6 nitrogen and oxygen atoms in total. The number of nitrogens with zero attached hydrogens (tertiary/aromatic N) is 3. The van der Waals surface area contributed by atoms with Gasteiger partial charge in [-0.1, -0.05) is 29.8 Å². The van der Waals surface area contributed by atoms with Crippen LogP contribution < -0.4 is 16.3 Å². The predicted molar refractivity (Wildman–Crippen MR) is 138 cm³/mol. The van der Waals surface area contributed by atoms with Crippen LogP contribution in [-0.2, 0) is 7.05 Å². The lowest BCUT2D eigenvalue weighted by molar-refractivity contribution is 0.477. The summed E-state index contributed by atoms with van der Waals surface area (Å²) in [6.45, 7) is 3.60. The SMILES string of the molecule is Cn1ccn(-c2ccc(-c3cc(F)cc(-c4cccc(N5CC[C@@](C)(N)C5)c4)c3O)cc2Cl)c1=O. The van der Waals surface area contributed by atoms with E-state index in [1.54, 1.807) is 37.6 Å². The summed E-state index contributed by atoms with van der Waals surface area (Å²) in [6, 6.07) is 15.3. The summed E-state index contributed by atoms with van der Waals surface area (Å²) >= 11 is 6.50. The van der Waals surface area contributed by atoms with Crippen molar-refractivity contribution in [2.75, 3.05) is 18.0 Å². The fourth-order valence-electron chi connectivity index (χ4n) is 4.63. The summed E-state index contributed by atoms with van der Waals surface area (Å²) in [4.78, 5) is 14.5. The number of rotatable bonds is 4. The van der Waals surface area contributed by atoms with E-state index in [1.807, 2.05) is 31.2 Å². The molecular weight excluding hydrogens is 467 g/mol. The molecule has 1 atom stereocenters. The van der Waals surface area contributed by atoms with Gasteiger partial charge in [0.1, 0.15) is 11.6 Å². The summed E-state index contributed by atoms with van der Waals surface area (Å²) in [5.41, 5.74) is 9.22. The number of aromatic hydroxyl groups is 1. The number of phenols is 1. The quantitative estimate of drug-likeness (QED) is 0.423. The van der Waals surface area contributed by atoms with Gasteiger partial charge < -0.3 is 20.3 Å². The second-order valence-corrected chi connectivity index (χ2v) is 9.86. The Kier molecular flexibility index (Phi) is 5.69. The van der Waals surface area contributed by atoms with E-state index in [0.29, 0.717) is 33.0 Å². The van der Waals surface area contributed by atoms with Gasteiger partial charge >= 0.3 is 5.69 Å². The summed E-state index contributed by atoms with van der Waals surface area (Å²) < 4.78 is 17.6. The topological polar surface area (TPSA) is 76.4 Å². The van der Waals surface area contributed by atoms with Crippen LogP contribution in [0.4, 0.5) is 10.1 Å². The number of aryl methyl sites for hydroxylation is 1. The fourth-order valence-corrected chi connectivity index (χ4v) is 4.90. The molecule has 0 amide bonds. The van der Waals surface area contributed by atoms with Crippen LogP contribution in [0.25, 0.3) is 27.9 Å². The third-order valence-electron chi connectivity index (χ3n) is 6.57. The molecule has 2 heterocycles. The molecule has 0 radical (unpaired) electrons. The van der Waals surface area contributed by atoms with Crippen LogP contribution in [0, 0.1) is 5.82 Å². The van der Waals surface area contributed by atoms with Crippen LogP contribution in [0.5, 0.6) is 5.75 Å². The minimum Gasteiger partial charge on any atom is -0.507 e. The Labute approximate surface area is 207 Å². The van der Waals surface area contributed by atoms with Gasteiger partial charge in [-0.2, -0.15) is 0 Å². The molecule has 1 aliphatic rings.